The minimum absolute atomic E-state index is 1.34. The molecule has 0 aliphatic carbocycles. The van der Waals surface area contributed by atoms with Gasteiger partial charge in [-0.1, -0.05) is 0 Å². The lowest BCUT2D eigenvalue weighted by Gasteiger charge is -1.70. The maximum absolute atomic E-state index is 10.7. The van der Waals surface area contributed by atoms with Gasteiger partial charge in [-0.05, 0) is 0 Å². The molecule has 0 atom stereocenters. The summed E-state index contributed by atoms with van der Waals surface area (Å²) in [6.45, 7) is 0. The van der Waals surface area contributed by atoms with Crippen LogP contribution in [0.5, 0.6) is 0 Å². The van der Waals surface area contributed by atoms with Crippen LogP contribution in [0.15, 0.2) is 51.5 Å². The van der Waals surface area contributed by atoms with E-state index in [1.165, 1.54) is 20.6 Å². The van der Waals surface area contributed by atoms with Crippen molar-refractivity contribution in [3.63, 3.8) is 0 Å². The van der Waals surface area contributed by atoms with Gasteiger partial charge in [0, 0.05) is 0 Å². The highest BCUT2D eigenvalue weighted by atomic mass is 17.1. The molecule has 0 unspecified atom stereocenters. The third-order valence-electron chi connectivity index (χ3n) is 0.962. The summed E-state index contributed by atoms with van der Waals surface area (Å²) in [6.07, 6.45) is 0. The minimum Gasteiger partial charge on any atom is -0.355 e. The zero-order valence-electron chi connectivity index (χ0n) is 8.49. The third-order valence-corrected chi connectivity index (χ3v) is 0.962. The van der Waals surface area contributed by atoms with Crippen LogP contribution < -0.4 is 23.0 Å². The molecule has 106 valence electrons. The lowest BCUT2D eigenvalue weighted by atomic mass is 11.4. The monoisotopic (exact) mass is 284 g/mol. The average molecular weight is 284 g/mol. The fourth-order valence-corrected chi connectivity index (χ4v) is 0.455. The number of rotatable bonds is 0. The predicted molar refractivity (Wildman–Crippen MR) is 45.3 cm³/mol. The molecule has 1 aromatic rings. The molecule has 0 saturated heterocycles. The lowest BCUT2D eigenvalue weighted by Crippen LogP contribution is -2.10. The summed E-state index contributed by atoms with van der Waals surface area (Å²) in [4.78, 5) is 42.8. The molecule has 1 aromatic heterocycles. The molecule has 0 spiro atoms. The molecule has 0 amide bonds. The van der Waals surface area contributed by atoms with Crippen molar-refractivity contribution < 1.29 is 32.3 Å². The zero-order chi connectivity index (χ0) is 14.1. The molecule has 0 aromatic carbocycles. The van der Waals surface area contributed by atoms with E-state index < -0.39 is 23.0 Å². The number of nitrogens with one attached hydrogen (secondary N) is 4. The van der Waals surface area contributed by atoms with Gasteiger partial charge >= 0.3 is 23.0 Å². The molecule has 15 nitrogen and oxygen atoms in total. The largest absolute Gasteiger partial charge is 0.488 e. The lowest BCUT2D eigenvalue weighted by molar-refractivity contribution is -0.0989. The Hall–Kier alpha value is -3.52. The van der Waals surface area contributed by atoms with E-state index in [9.17, 15) is 19.2 Å². The van der Waals surface area contributed by atoms with Gasteiger partial charge in [0.05, 0.1) is 0 Å². The van der Waals surface area contributed by atoms with Crippen LogP contribution in [0.4, 0.5) is 0 Å². The number of aromatic nitrogens is 4. The quantitative estimate of drug-likeness (QED) is 0.384. The van der Waals surface area contributed by atoms with Gasteiger partial charge in [0.15, 0.2) is 0 Å². The summed E-state index contributed by atoms with van der Waals surface area (Å²) in [5.74, 6) is -5.81. The summed E-state index contributed by atoms with van der Waals surface area (Å²) >= 11 is 0. The van der Waals surface area contributed by atoms with Gasteiger partial charge in [-0.3, -0.25) is 0 Å². The van der Waals surface area contributed by atoms with E-state index in [0.717, 1.165) is 0 Å². The molecular weight excluding hydrogens is 280 g/mol. The second kappa shape index (κ2) is 6.93. The Labute approximate surface area is 96.3 Å². The highest BCUT2D eigenvalue weighted by molar-refractivity contribution is 4.33. The van der Waals surface area contributed by atoms with Crippen molar-refractivity contribution >= 4 is 0 Å². The third kappa shape index (κ3) is 5.94. The van der Waals surface area contributed by atoms with Gasteiger partial charge in [-0.15, -0.1) is 20.6 Å². The summed E-state index contributed by atoms with van der Waals surface area (Å²) < 4.78 is 26.7. The van der Waals surface area contributed by atoms with Crippen molar-refractivity contribution in [3.8, 4) is 0 Å². The Balaban J connectivity index is 3.62. The van der Waals surface area contributed by atoms with E-state index in [0.29, 0.717) is 0 Å². The number of hydrogen-bond acceptors (Lipinski definition) is 11. The molecule has 1 heterocycles. The Morgan fingerprint density at radius 2 is 0.895 bits per heavy atom. The van der Waals surface area contributed by atoms with Crippen LogP contribution in [0, 0.1) is 0 Å². The van der Waals surface area contributed by atoms with Crippen molar-refractivity contribution in [2.75, 3.05) is 0 Å². The van der Waals surface area contributed by atoms with Crippen molar-refractivity contribution in [2.45, 2.75) is 0 Å². The zero-order valence-corrected chi connectivity index (χ0v) is 8.49. The van der Waals surface area contributed by atoms with Crippen LogP contribution in [0.2, 0.25) is 0 Å². The molecule has 1 rings (SSSR count). The van der Waals surface area contributed by atoms with E-state index in [1.807, 2.05) is 0 Å². The fraction of sp³-hybridized carbons (Fsp3) is 0. The number of hydrogen-bond donors (Lipinski definition) is 4. The van der Waals surface area contributed by atoms with Crippen molar-refractivity contribution in [2.24, 2.45) is 0 Å². The maximum Gasteiger partial charge on any atom is 0.488 e. The van der Waals surface area contributed by atoms with Gasteiger partial charge in [-0.25, -0.2) is 28.3 Å². The van der Waals surface area contributed by atoms with Crippen molar-refractivity contribution in [1.82, 2.24) is 20.6 Å². The van der Waals surface area contributed by atoms with Crippen LogP contribution in [0.25, 0.3) is 0 Å². The number of H-pyrrole nitrogens is 4. The van der Waals surface area contributed by atoms with E-state index in [1.54, 1.807) is 0 Å². The summed E-state index contributed by atoms with van der Waals surface area (Å²) in [5, 5.41) is 5.49. The van der Waals surface area contributed by atoms with Gasteiger partial charge in [-0.2, -0.15) is 18.7 Å². The molecule has 19 heavy (non-hydrogen) atoms. The molecule has 0 bridgehead atoms. The van der Waals surface area contributed by atoms with Crippen LogP contribution in [-0.2, 0) is 0 Å². The second-order valence-corrected chi connectivity index (χ2v) is 2.16. The summed E-state index contributed by atoms with van der Waals surface area (Å²) in [7, 11) is 0. The highest BCUT2D eigenvalue weighted by Gasteiger charge is 1.82. The second-order valence-electron chi connectivity index (χ2n) is 2.16. The van der Waals surface area contributed by atoms with Crippen LogP contribution in [0.3, 0.4) is 0 Å². The fourth-order valence-electron chi connectivity index (χ4n) is 0.455. The minimum atomic E-state index is -1.50. The van der Waals surface area contributed by atoms with Crippen molar-refractivity contribution in [3.05, 3.63) is 42.2 Å². The number of aromatic amines is 4. The molecule has 0 fully saturated rings. The first-order chi connectivity index (χ1) is 9.08. The first-order valence-electron chi connectivity index (χ1n) is 3.95. The highest BCUT2D eigenvalue weighted by Crippen LogP contribution is 1.56. The molecule has 0 aliphatic rings. The van der Waals surface area contributed by atoms with Crippen LogP contribution >= 0.6 is 0 Å². The Morgan fingerprint density at radius 3 is 1.32 bits per heavy atom. The predicted octanol–water partition coefficient (Wildman–Crippen LogP) is -1.91. The van der Waals surface area contributed by atoms with E-state index in [4.69, 9.17) is 0 Å². The standard InChI is InChI=1S/C4H4N4O11/c9-1-5-16-14-3(11)7-18-19-8-4(12)15-17-6-2(10)13-1/h(H,5,9)(H,6,10)(H,7,11)(H,8,12). The molecule has 0 aliphatic heterocycles. The van der Waals surface area contributed by atoms with E-state index >= 15 is 0 Å². The maximum atomic E-state index is 10.7. The molecular formula is C4H4N4O11. The SMILES string of the molecule is O=c1[nH]oo[nH]c(=O)oo[nH]c(=O)oc(=O)[nH]oo1. The topological polar surface area (TPSA) is 223 Å². The Bertz CT molecular complexity index is 711. The van der Waals surface area contributed by atoms with E-state index in [2.05, 4.69) is 32.3 Å². The normalized spacial score (nSPS) is 8.84. The summed E-state index contributed by atoms with van der Waals surface area (Å²) in [6, 6.07) is 0. The smallest absolute Gasteiger partial charge is 0.355 e. The van der Waals surface area contributed by atoms with Crippen LogP contribution in [-0.4, -0.2) is 20.6 Å². The Kier molecular flexibility index (Phi) is 4.94. The molecule has 4 N–H and O–H groups in total. The van der Waals surface area contributed by atoms with Gasteiger partial charge in [0.1, 0.15) is 0 Å². The first kappa shape index (κ1) is 13.5. The van der Waals surface area contributed by atoms with Crippen LogP contribution in [0.1, 0.15) is 0 Å². The van der Waals surface area contributed by atoms with E-state index in [-0.39, 0.29) is 0 Å². The molecule has 15 heteroatoms. The van der Waals surface area contributed by atoms with Gasteiger partial charge < -0.3 is 4.42 Å². The average Bonchev–Trinajstić information content (AvgIpc) is 2.34. The van der Waals surface area contributed by atoms with Crippen molar-refractivity contribution in [1.29, 1.82) is 0 Å². The molecule has 0 radical (unpaired) electrons. The van der Waals surface area contributed by atoms with Gasteiger partial charge in [0.25, 0.3) is 0 Å². The Morgan fingerprint density at radius 1 is 0.526 bits per heavy atom. The first-order valence-corrected chi connectivity index (χ1v) is 3.95. The van der Waals surface area contributed by atoms with Gasteiger partial charge in [0.2, 0.25) is 0 Å². The summed E-state index contributed by atoms with van der Waals surface area (Å²) in [5.41, 5.74) is 0. The molecule has 0 saturated carbocycles.